The maximum atomic E-state index is 11.0. The van der Waals surface area contributed by atoms with E-state index in [0.717, 1.165) is 4.90 Å². The molecule has 0 atom stereocenters. The van der Waals surface area contributed by atoms with Gasteiger partial charge >= 0.3 is 12.1 Å². The van der Waals surface area contributed by atoms with Crippen molar-refractivity contribution < 1.29 is 19.1 Å². The highest BCUT2D eigenvalue weighted by Gasteiger charge is 2.16. The molecule has 0 spiro atoms. The Balaban J connectivity index is 3.93. The normalized spacial score (nSPS) is 8.77. The number of imide groups is 1. The summed E-state index contributed by atoms with van der Waals surface area (Å²) in [5.41, 5.74) is 0. The molecule has 0 fully saturated rings. The Kier molecular flexibility index (Phi) is 5.25. The number of hydrogen-bond acceptors (Lipinski definition) is 4. The summed E-state index contributed by atoms with van der Waals surface area (Å²) in [6, 6.07) is -0.693. The van der Waals surface area contributed by atoms with E-state index >= 15 is 0 Å². The van der Waals surface area contributed by atoms with Crippen molar-refractivity contribution in [2.24, 2.45) is 0 Å². The topological polar surface area (TPSA) is 75.7 Å². The maximum Gasteiger partial charge on any atom is 0.417 e. The lowest BCUT2D eigenvalue weighted by Gasteiger charge is -2.13. The summed E-state index contributed by atoms with van der Waals surface area (Å²) >= 11 is 0. The number of nitrogens with one attached hydrogen (secondary N) is 1. The van der Waals surface area contributed by atoms with Crippen LogP contribution < -0.4 is 5.32 Å². The molecule has 0 aliphatic heterocycles. The van der Waals surface area contributed by atoms with Gasteiger partial charge in [-0.2, -0.15) is 0 Å². The second-order valence-corrected chi connectivity index (χ2v) is 2.06. The molecular weight excluding hydrogens is 176 g/mol. The van der Waals surface area contributed by atoms with E-state index in [-0.39, 0.29) is 13.2 Å². The van der Waals surface area contributed by atoms with Crippen LogP contribution >= 0.6 is 0 Å². The maximum absolute atomic E-state index is 11.0. The van der Waals surface area contributed by atoms with Crippen molar-refractivity contribution in [2.75, 3.05) is 20.2 Å². The first-order valence-corrected chi connectivity index (χ1v) is 3.66. The first kappa shape index (κ1) is 11.4. The fourth-order valence-corrected chi connectivity index (χ4v) is 0.533. The first-order valence-electron chi connectivity index (χ1n) is 3.66. The van der Waals surface area contributed by atoms with E-state index in [2.05, 4.69) is 10.1 Å². The Hall–Kier alpha value is -1.59. The molecule has 0 unspecified atom stereocenters. The second kappa shape index (κ2) is 5.99. The van der Waals surface area contributed by atoms with Crippen LogP contribution in [0.4, 0.5) is 9.59 Å². The fraction of sp³-hybridized carbons (Fsp3) is 0.571. The van der Waals surface area contributed by atoms with Gasteiger partial charge in [-0.25, -0.2) is 14.5 Å². The lowest BCUT2D eigenvalue weighted by atomic mass is 10.7. The van der Waals surface area contributed by atoms with Crippen LogP contribution in [0.5, 0.6) is 0 Å². The van der Waals surface area contributed by atoms with Crippen LogP contribution in [0, 0.1) is 0 Å². The fourth-order valence-electron chi connectivity index (χ4n) is 0.533. The zero-order chi connectivity index (χ0) is 10.3. The van der Waals surface area contributed by atoms with Crippen LogP contribution in [0.3, 0.4) is 0 Å². The van der Waals surface area contributed by atoms with Crippen LogP contribution in [0.2, 0.25) is 0 Å². The van der Waals surface area contributed by atoms with Crippen molar-refractivity contribution in [3.05, 3.63) is 0 Å². The smallest absolute Gasteiger partial charge is 0.417 e. The molecule has 0 saturated heterocycles. The minimum atomic E-state index is -0.758. The summed E-state index contributed by atoms with van der Waals surface area (Å²) in [4.78, 5) is 32.3. The molecule has 0 heterocycles. The Morgan fingerprint density at radius 1 is 1.54 bits per heavy atom. The summed E-state index contributed by atoms with van der Waals surface area (Å²) in [6.07, 6.45) is 0.705. The molecule has 73 valence electrons. The Bertz CT molecular complexity index is 205. The average molecular weight is 187 g/mol. The van der Waals surface area contributed by atoms with Gasteiger partial charge in [0.25, 0.3) is 0 Å². The number of carbonyl (C=O) groups excluding carboxylic acids is 3. The monoisotopic (exact) mass is 187 g/mol. The van der Waals surface area contributed by atoms with Gasteiger partial charge in [-0.05, 0) is 6.92 Å². The van der Waals surface area contributed by atoms with Crippen LogP contribution in [-0.4, -0.2) is 43.5 Å². The molecule has 13 heavy (non-hydrogen) atoms. The zero-order valence-electron chi connectivity index (χ0n) is 7.49. The number of amides is 3. The third kappa shape index (κ3) is 4.09. The zero-order valence-corrected chi connectivity index (χ0v) is 7.49. The third-order valence-corrected chi connectivity index (χ3v) is 1.16. The van der Waals surface area contributed by atoms with Gasteiger partial charge in [0.1, 0.15) is 0 Å². The molecule has 6 heteroatoms. The highest BCUT2D eigenvalue weighted by Crippen LogP contribution is 1.90. The van der Waals surface area contributed by atoms with Gasteiger partial charge in [-0.15, -0.1) is 0 Å². The Morgan fingerprint density at radius 2 is 2.15 bits per heavy atom. The molecular formula is C7H11N2O4. The second-order valence-electron chi connectivity index (χ2n) is 2.06. The van der Waals surface area contributed by atoms with Gasteiger partial charge in [-0.3, -0.25) is 4.79 Å². The largest absolute Gasteiger partial charge is 0.449 e. The molecule has 0 rings (SSSR count). The lowest BCUT2D eigenvalue weighted by molar-refractivity contribution is 0.121. The summed E-state index contributed by atoms with van der Waals surface area (Å²) in [5, 5.41) is 2.13. The average Bonchev–Trinajstić information content (AvgIpc) is 2.13. The number of hydrogen-bond donors (Lipinski definition) is 1. The SMILES string of the molecule is CCOC(=O)N(C)C(=O)NC[C]=O. The van der Waals surface area contributed by atoms with Crippen LogP contribution in [0.25, 0.3) is 0 Å². The molecule has 0 aromatic carbocycles. The number of nitrogens with zero attached hydrogens (tertiary/aromatic N) is 1. The van der Waals surface area contributed by atoms with Crippen LogP contribution in [-0.2, 0) is 9.53 Å². The Morgan fingerprint density at radius 3 is 2.62 bits per heavy atom. The number of urea groups is 1. The number of ether oxygens (including phenoxy) is 1. The van der Waals surface area contributed by atoms with E-state index in [4.69, 9.17) is 0 Å². The van der Waals surface area contributed by atoms with E-state index in [1.54, 1.807) is 6.92 Å². The van der Waals surface area contributed by atoms with Gasteiger partial charge in [0.2, 0.25) is 6.29 Å². The lowest BCUT2D eigenvalue weighted by Crippen LogP contribution is -2.41. The number of rotatable bonds is 3. The molecule has 0 aliphatic carbocycles. The van der Waals surface area contributed by atoms with Gasteiger partial charge in [0, 0.05) is 7.05 Å². The molecule has 0 aliphatic rings. The predicted octanol–water partition coefficient (Wildman–Crippen LogP) is -0.106. The van der Waals surface area contributed by atoms with E-state index < -0.39 is 12.1 Å². The predicted molar refractivity (Wildman–Crippen MR) is 43.9 cm³/mol. The van der Waals surface area contributed by atoms with Crippen molar-refractivity contribution in [3.63, 3.8) is 0 Å². The highest BCUT2D eigenvalue weighted by atomic mass is 16.6. The van der Waals surface area contributed by atoms with Crippen molar-refractivity contribution >= 4 is 18.4 Å². The van der Waals surface area contributed by atoms with Gasteiger partial charge < -0.3 is 10.1 Å². The molecule has 0 aromatic rings. The molecule has 1 radical (unpaired) electrons. The highest BCUT2D eigenvalue weighted by molar-refractivity contribution is 5.91. The Labute approximate surface area is 75.8 Å². The number of carbonyl (C=O) groups is 2. The minimum Gasteiger partial charge on any atom is -0.449 e. The summed E-state index contributed by atoms with van der Waals surface area (Å²) in [6.45, 7) is 1.57. The van der Waals surface area contributed by atoms with Crippen molar-refractivity contribution in [1.82, 2.24) is 10.2 Å². The molecule has 0 aromatic heterocycles. The quantitative estimate of drug-likeness (QED) is 0.669. The van der Waals surface area contributed by atoms with Crippen molar-refractivity contribution in [1.29, 1.82) is 0 Å². The van der Waals surface area contributed by atoms with Gasteiger partial charge in [0.05, 0.1) is 13.2 Å². The summed E-state index contributed by atoms with van der Waals surface area (Å²) in [7, 11) is 1.25. The van der Waals surface area contributed by atoms with E-state index in [0.29, 0.717) is 0 Å². The first-order chi connectivity index (χ1) is 6.13. The van der Waals surface area contributed by atoms with E-state index in [9.17, 15) is 14.4 Å². The van der Waals surface area contributed by atoms with Crippen molar-refractivity contribution in [3.8, 4) is 0 Å². The van der Waals surface area contributed by atoms with Gasteiger partial charge in [-0.1, -0.05) is 0 Å². The summed E-state index contributed by atoms with van der Waals surface area (Å²) < 4.78 is 4.53. The van der Waals surface area contributed by atoms with Crippen LogP contribution in [0.1, 0.15) is 6.92 Å². The van der Waals surface area contributed by atoms with E-state index in [1.165, 1.54) is 13.3 Å². The molecule has 1 N–H and O–H groups in total. The van der Waals surface area contributed by atoms with Gasteiger partial charge in [0.15, 0.2) is 0 Å². The standard InChI is InChI=1S/C7H11N2O4/c1-3-13-7(12)9(2)6(11)8-4-5-10/h3-4H2,1-2H3,(H,8,11). The van der Waals surface area contributed by atoms with Crippen LogP contribution in [0.15, 0.2) is 0 Å². The van der Waals surface area contributed by atoms with Crippen molar-refractivity contribution in [2.45, 2.75) is 6.92 Å². The third-order valence-electron chi connectivity index (χ3n) is 1.16. The molecule has 0 bridgehead atoms. The summed E-state index contributed by atoms with van der Waals surface area (Å²) in [5.74, 6) is 0. The molecule has 3 amide bonds. The van der Waals surface area contributed by atoms with E-state index in [1.807, 2.05) is 0 Å². The molecule has 6 nitrogen and oxygen atoms in total. The minimum absolute atomic E-state index is 0.191. The molecule has 0 saturated carbocycles.